The number of aromatic nitrogens is 2. The van der Waals surface area contributed by atoms with Gasteiger partial charge in [0.15, 0.2) is 5.82 Å². The third-order valence-electron chi connectivity index (χ3n) is 4.27. The molecule has 1 aliphatic carbocycles. The average Bonchev–Trinajstić information content (AvgIpc) is 2.91. The van der Waals surface area contributed by atoms with Crippen molar-refractivity contribution in [2.24, 2.45) is 0 Å². The van der Waals surface area contributed by atoms with Gasteiger partial charge >= 0.3 is 0 Å². The summed E-state index contributed by atoms with van der Waals surface area (Å²) < 4.78 is 5.47. The Bertz CT molecular complexity index is 587. The zero-order valence-electron chi connectivity index (χ0n) is 10.8. The maximum atomic E-state index is 5.47. The maximum absolute atomic E-state index is 5.47. The van der Waals surface area contributed by atoms with Crippen molar-refractivity contribution in [1.29, 1.82) is 0 Å². The fourth-order valence-corrected chi connectivity index (χ4v) is 3.11. The number of rotatable bonds is 2. The van der Waals surface area contributed by atoms with Gasteiger partial charge in [0, 0.05) is 6.54 Å². The van der Waals surface area contributed by atoms with E-state index in [1.165, 1.54) is 17.5 Å². The van der Waals surface area contributed by atoms with Crippen LogP contribution in [0, 0.1) is 0 Å². The Balaban J connectivity index is 1.56. The van der Waals surface area contributed by atoms with Crippen LogP contribution in [0.15, 0.2) is 28.8 Å². The molecule has 2 atom stereocenters. The second-order valence-corrected chi connectivity index (χ2v) is 5.49. The number of benzene rings is 1. The second kappa shape index (κ2) is 4.46. The highest BCUT2D eigenvalue weighted by atomic mass is 16.5. The van der Waals surface area contributed by atoms with Crippen LogP contribution in [0.2, 0.25) is 0 Å². The van der Waals surface area contributed by atoms with Crippen LogP contribution in [0.25, 0.3) is 0 Å². The van der Waals surface area contributed by atoms with Crippen molar-refractivity contribution in [2.45, 2.75) is 31.1 Å². The van der Waals surface area contributed by atoms with Crippen molar-refractivity contribution in [3.8, 4) is 0 Å². The standard InChI is InChI=1S/C15H17N3O/c1-2-6-12-10(4-1)8-13(12)14-17-15(19-18-14)11-5-3-7-16-9-11/h1-2,4,6,11,13,16H,3,5,7-9H2. The molecule has 2 aromatic rings. The fourth-order valence-electron chi connectivity index (χ4n) is 3.11. The third-order valence-corrected chi connectivity index (χ3v) is 4.27. The zero-order chi connectivity index (χ0) is 12.7. The van der Waals surface area contributed by atoms with Crippen molar-refractivity contribution in [1.82, 2.24) is 15.5 Å². The number of hydrogen-bond donors (Lipinski definition) is 1. The molecular formula is C15H17N3O. The molecule has 1 fully saturated rings. The first-order chi connectivity index (χ1) is 9.42. The molecular weight excluding hydrogens is 238 g/mol. The molecule has 0 amide bonds. The highest BCUT2D eigenvalue weighted by molar-refractivity contribution is 5.43. The predicted molar refractivity (Wildman–Crippen MR) is 71.1 cm³/mol. The summed E-state index contributed by atoms with van der Waals surface area (Å²) in [5, 5.41) is 7.59. The molecule has 0 bridgehead atoms. The summed E-state index contributed by atoms with van der Waals surface area (Å²) in [5.41, 5.74) is 2.77. The van der Waals surface area contributed by atoms with Gasteiger partial charge in [-0.25, -0.2) is 0 Å². The fraction of sp³-hybridized carbons (Fsp3) is 0.467. The lowest BCUT2D eigenvalue weighted by molar-refractivity contribution is 0.319. The number of nitrogens with one attached hydrogen (secondary N) is 1. The van der Waals surface area contributed by atoms with Crippen LogP contribution in [0.3, 0.4) is 0 Å². The van der Waals surface area contributed by atoms with E-state index in [4.69, 9.17) is 4.52 Å². The minimum absolute atomic E-state index is 0.338. The van der Waals surface area contributed by atoms with Crippen LogP contribution in [-0.4, -0.2) is 23.2 Å². The normalized spacial score (nSPS) is 25.7. The van der Waals surface area contributed by atoms with E-state index in [2.05, 4.69) is 39.7 Å². The molecule has 0 saturated carbocycles. The summed E-state index contributed by atoms with van der Waals surface area (Å²) in [4.78, 5) is 4.64. The van der Waals surface area contributed by atoms with E-state index in [-0.39, 0.29) is 0 Å². The lowest BCUT2D eigenvalue weighted by Gasteiger charge is -2.27. The summed E-state index contributed by atoms with van der Waals surface area (Å²) in [6, 6.07) is 8.51. The first kappa shape index (κ1) is 11.2. The van der Waals surface area contributed by atoms with E-state index in [0.717, 1.165) is 37.6 Å². The lowest BCUT2D eigenvalue weighted by Crippen LogP contribution is -2.28. The molecule has 4 nitrogen and oxygen atoms in total. The maximum Gasteiger partial charge on any atom is 0.231 e. The number of hydrogen-bond acceptors (Lipinski definition) is 4. The van der Waals surface area contributed by atoms with Gasteiger partial charge in [-0.3, -0.25) is 0 Å². The molecule has 98 valence electrons. The van der Waals surface area contributed by atoms with Crippen LogP contribution in [0.1, 0.15) is 47.5 Å². The highest BCUT2D eigenvalue weighted by Gasteiger charge is 2.32. The molecule has 1 aromatic carbocycles. The Morgan fingerprint density at radius 1 is 1.26 bits per heavy atom. The molecule has 19 heavy (non-hydrogen) atoms. The van der Waals surface area contributed by atoms with E-state index < -0.39 is 0 Å². The van der Waals surface area contributed by atoms with E-state index in [1.807, 2.05) is 0 Å². The first-order valence-electron chi connectivity index (χ1n) is 7.04. The van der Waals surface area contributed by atoms with Gasteiger partial charge in [-0.15, -0.1) is 0 Å². The van der Waals surface area contributed by atoms with E-state index in [1.54, 1.807) is 0 Å². The summed E-state index contributed by atoms with van der Waals surface area (Å²) >= 11 is 0. The average molecular weight is 255 g/mol. The van der Waals surface area contributed by atoms with Crippen molar-refractivity contribution in [3.05, 3.63) is 47.1 Å². The van der Waals surface area contributed by atoms with Gasteiger partial charge < -0.3 is 9.84 Å². The van der Waals surface area contributed by atoms with Crippen molar-refractivity contribution in [2.75, 3.05) is 13.1 Å². The minimum atomic E-state index is 0.338. The lowest BCUT2D eigenvalue weighted by atomic mass is 9.77. The van der Waals surface area contributed by atoms with Gasteiger partial charge in [0.05, 0.1) is 11.8 Å². The van der Waals surface area contributed by atoms with E-state index in [9.17, 15) is 0 Å². The number of fused-ring (bicyclic) bond motifs is 1. The van der Waals surface area contributed by atoms with Gasteiger partial charge in [0.25, 0.3) is 0 Å². The Hall–Kier alpha value is -1.68. The van der Waals surface area contributed by atoms with Crippen LogP contribution < -0.4 is 5.32 Å². The Morgan fingerprint density at radius 3 is 3.05 bits per heavy atom. The van der Waals surface area contributed by atoms with Gasteiger partial charge in [-0.1, -0.05) is 29.4 Å². The number of nitrogens with zero attached hydrogens (tertiary/aromatic N) is 2. The van der Waals surface area contributed by atoms with Crippen LogP contribution in [0.4, 0.5) is 0 Å². The quantitative estimate of drug-likeness (QED) is 0.894. The summed E-state index contributed by atoms with van der Waals surface area (Å²) in [7, 11) is 0. The van der Waals surface area contributed by atoms with Crippen LogP contribution >= 0.6 is 0 Å². The van der Waals surface area contributed by atoms with Gasteiger partial charge in [0.1, 0.15) is 0 Å². The molecule has 0 spiro atoms. The molecule has 2 heterocycles. The van der Waals surface area contributed by atoms with Gasteiger partial charge in [-0.05, 0) is 36.9 Å². The topological polar surface area (TPSA) is 51.0 Å². The molecule has 1 N–H and O–H groups in total. The Labute approximate surface area is 112 Å². The third kappa shape index (κ3) is 1.87. The van der Waals surface area contributed by atoms with Crippen LogP contribution in [0.5, 0.6) is 0 Å². The van der Waals surface area contributed by atoms with E-state index in [0.29, 0.717) is 11.8 Å². The summed E-state index contributed by atoms with van der Waals surface area (Å²) in [6.07, 6.45) is 3.38. The molecule has 4 heteroatoms. The SMILES string of the molecule is c1ccc2c(c1)CC2c1noc(C2CCCNC2)n1. The Kier molecular flexibility index (Phi) is 2.62. The molecule has 2 aliphatic rings. The molecule has 4 rings (SSSR count). The smallest absolute Gasteiger partial charge is 0.231 e. The minimum Gasteiger partial charge on any atom is -0.339 e. The zero-order valence-corrected chi connectivity index (χ0v) is 10.8. The highest BCUT2D eigenvalue weighted by Crippen LogP contribution is 2.38. The summed E-state index contributed by atoms with van der Waals surface area (Å²) in [5.74, 6) is 2.40. The molecule has 0 radical (unpaired) electrons. The van der Waals surface area contributed by atoms with Gasteiger partial charge in [-0.2, -0.15) is 4.98 Å². The largest absolute Gasteiger partial charge is 0.339 e. The molecule has 2 unspecified atom stereocenters. The Morgan fingerprint density at radius 2 is 2.21 bits per heavy atom. The predicted octanol–water partition coefficient (Wildman–Crippen LogP) is 2.22. The van der Waals surface area contributed by atoms with Gasteiger partial charge in [0.2, 0.25) is 5.89 Å². The molecule has 1 aromatic heterocycles. The first-order valence-corrected chi connectivity index (χ1v) is 7.04. The second-order valence-electron chi connectivity index (χ2n) is 5.49. The molecule has 1 aliphatic heterocycles. The monoisotopic (exact) mass is 255 g/mol. The summed E-state index contributed by atoms with van der Waals surface area (Å²) in [6.45, 7) is 2.07. The molecule has 1 saturated heterocycles. The van der Waals surface area contributed by atoms with Crippen molar-refractivity contribution < 1.29 is 4.52 Å². The van der Waals surface area contributed by atoms with Crippen molar-refractivity contribution in [3.63, 3.8) is 0 Å². The van der Waals surface area contributed by atoms with Crippen molar-refractivity contribution >= 4 is 0 Å². The van der Waals surface area contributed by atoms with E-state index >= 15 is 0 Å². The van der Waals surface area contributed by atoms with Crippen LogP contribution in [-0.2, 0) is 6.42 Å². The number of piperidine rings is 1.